The molecule has 0 bridgehead atoms. The van der Waals surface area contributed by atoms with Gasteiger partial charge in [-0.15, -0.1) is 13.2 Å². The Morgan fingerprint density at radius 1 is 1.12 bits per heavy atom. The van der Waals surface area contributed by atoms with E-state index in [0.29, 0.717) is 0 Å². The van der Waals surface area contributed by atoms with E-state index < -0.39 is 39.1 Å². The van der Waals surface area contributed by atoms with Crippen molar-refractivity contribution in [2.24, 2.45) is 0 Å². The highest BCUT2D eigenvalue weighted by molar-refractivity contribution is 8.00. The number of thioether (sulfide) groups is 1. The Balaban J connectivity index is 2.37. The van der Waals surface area contributed by atoms with Gasteiger partial charge >= 0.3 is 16.9 Å². The van der Waals surface area contributed by atoms with E-state index in [1.807, 2.05) is 0 Å². The first kappa shape index (κ1) is 19.7. The second-order valence-electron chi connectivity index (χ2n) is 4.73. The number of aromatic nitrogens is 2. The number of aromatic amines is 1. The lowest BCUT2D eigenvalue weighted by molar-refractivity contribution is -0.391. The van der Waals surface area contributed by atoms with E-state index in [4.69, 9.17) is 0 Å². The van der Waals surface area contributed by atoms with Gasteiger partial charge in [-0.2, -0.15) is 13.2 Å². The van der Waals surface area contributed by atoms with Gasteiger partial charge in [-0.25, -0.2) is 9.42 Å². The predicted molar refractivity (Wildman–Crippen MR) is 78.8 cm³/mol. The summed E-state index contributed by atoms with van der Waals surface area (Å²) in [6, 6.07) is 7.76. The maximum Gasteiger partial charge on any atom is 0.526 e. The quantitative estimate of drug-likeness (QED) is 0.450. The largest absolute Gasteiger partial charge is 0.526 e. The molecular weight excluding hydrogens is 398 g/mol. The van der Waals surface area contributed by atoms with Crippen LogP contribution in [0.3, 0.4) is 0 Å². The summed E-state index contributed by atoms with van der Waals surface area (Å²) in [4.78, 5) is 11.5. The fraction of sp³-hybridized carbons (Fsp3) is 0.308. The first-order valence-corrected chi connectivity index (χ1v) is 7.62. The van der Waals surface area contributed by atoms with Gasteiger partial charge in [0, 0.05) is 5.69 Å². The number of hydrogen-bond donors (Lipinski definition) is 1. The van der Waals surface area contributed by atoms with Gasteiger partial charge < -0.3 is 0 Å². The molecule has 1 atom stereocenters. The van der Waals surface area contributed by atoms with E-state index in [1.54, 1.807) is 18.2 Å². The minimum atomic E-state index is -5.74. The number of H-pyrrole nitrogens is 1. The van der Waals surface area contributed by atoms with Crippen molar-refractivity contribution in [1.29, 1.82) is 0 Å². The van der Waals surface area contributed by atoms with Crippen molar-refractivity contribution in [3.8, 4) is 5.69 Å². The molecule has 25 heavy (non-hydrogen) atoms. The van der Waals surface area contributed by atoms with Crippen LogP contribution in [-0.2, 0) is 4.74 Å². The Bertz CT molecular complexity index is 803. The number of aryl methyl sites for hydroxylation is 1. The van der Waals surface area contributed by atoms with E-state index in [9.17, 15) is 31.1 Å². The molecule has 2 aromatic rings. The van der Waals surface area contributed by atoms with Crippen molar-refractivity contribution in [1.82, 2.24) is 9.78 Å². The lowest BCUT2D eigenvalue weighted by atomic mass is 10.3. The standard InChI is InChI=1S/C13H9ClF6N2O2S/c1-7-9(10(23)22(21-7)8-5-3-2-4-6-8)25-12(16,17)11(14,15)24-13(18,19)20/h2-6,21H,1H3. The number of ether oxygens (including phenoxy) is 1. The predicted octanol–water partition coefficient (Wildman–Crippen LogP) is 4.56. The lowest BCUT2D eigenvalue weighted by Gasteiger charge is -2.27. The molecule has 1 aromatic heterocycles. The molecule has 0 fully saturated rings. The molecule has 0 spiro atoms. The monoisotopic (exact) mass is 406 g/mol. The van der Waals surface area contributed by atoms with Crippen LogP contribution in [-0.4, -0.2) is 26.7 Å². The zero-order valence-corrected chi connectivity index (χ0v) is 13.8. The Kier molecular flexibility index (Phi) is 5.22. The Labute approximate surface area is 145 Å². The van der Waals surface area contributed by atoms with Crippen LogP contribution in [0.5, 0.6) is 0 Å². The minimum Gasteiger partial charge on any atom is -0.294 e. The number of benzene rings is 1. The molecule has 0 saturated carbocycles. The number of nitrogens with one attached hydrogen (secondary N) is 1. The Hall–Kier alpha value is -1.59. The summed E-state index contributed by atoms with van der Waals surface area (Å²) in [6.45, 7) is 1.22. The van der Waals surface area contributed by atoms with Gasteiger partial charge in [0.05, 0.1) is 5.69 Å². The van der Waals surface area contributed by atoms with E-state index in [2.05, 4.69) is 21.4 Å². The van der Waals surface area contributed by atoms with Crippen LogP contribution in [0, 0.1) is 6.92 Å². The molecular formula is C13H9ClF6N2O2S. The molecule has 0 saturated heterocycles. The molecule has 2 rings (SSSR count). The van der Waals surface area contributed by atoms with Crippen molar-refractivity contribution in [2.75, 3.05) is 0 Å². The van der Waals surface area contributed by atoms with Gasteiger partial charge in [0.1, 0.15) is 4.90 Å². The van der Waals surface area contributed by atoms with Gasteiger partial charge in [-0.05, 0) is 42.4 Å². The minimum absolute atomic E-state index is 0.113. The fourth-order valence-corrected chi connectivity index (χ4v) is 2.80. The van der Waals surface area contributed by atoms with Gasteiger partial charge in [0.15, 0.2) is 0 Å². The maximum absolute atomic E-state index is 13.9. The van der Waals surface area contributed by atoms with Gasteiger partial charge in [0.25, 0.3) is 5.56 Å². The number of nitrogens with zero attached hydrogens (tertiary/aromatic N) is 1. The third-order valence-corrected chi connectivity index (χ3v) is 4.48. The summed E-state index contributed by atoms with van der Waals surface area (Å²) in [5, 5.41) is -7.34. The van der Waals surface area contributed by atoms with Crippen LogP contribution >= 0.6 is 23.4 Å². The summed E-state index contributed by atoms with van der Waals surface area (Å²) in [5.41, 5.74) is -0.833. The zero-order chi connectivity index (χ0) is 19.0. The molecule has 1 unspecified atom stereocenters. The number of alkyl halides is 7. The molecule has 0 aliphatic carbocycles. The molecule has 1 N–H and O–H groups in total. The van der Waals surface area contributed by atoms with Crippen LogP contribution in [0.1, 0.15) is 5.69 Å². The number of para-hydroxylation sites is 1. The summed E-state index contributed by atoms with van der Waals surface area (Å²) < 4.78 is 80.9. The normalized spacial score (nSPS) is 15.2. The molecule has 0 aliphatic heterocycles. The van der Waals surface area contributed by atoms with Gasteiger partial charge in [0.2, 0.25) is 0 Å². The Morgan fingerprint density at radius 2 is 1.68 bits per heavy atom. The van der Waals surface area contributed by atoms with Crippen LogP contribution in [0.2, 0.25) is 0 Å². The van der Waals surface area contributed by atoms with E-state index in [1.165, 1.54) is 19.1 Å². The summed E-state index contributed by atoms with van der Waals surface area (Å²) in [7, 11) is 0. The summed E-state index contributed by atoms with van der Waals surface area (Å²) >= 11 is 3.82. The highest BCUT2D eigenvalue weighted by atomic mass is 35.5. The van der Waals surface area contributed by atoms with Crippen LogP contribution in [0.25, 0.3) is 5.69 Å². The van der Waals surface area contributed by atoms with E-state index in [-0.39, 0.29) is 11.4 Å². The first-order chi connectivity index (χ1) is 11.3. The van der Waals surface area contributed by atoms with Gasteiger partial charge in [-0.1, -0.05) is 18.2 Å². The fourth-order valence-electron chi connectivity index (χ4n) is 1.80. The molecule has 4 nitrogen and oxygen atoms in total. The molecule has 0 amide bonds. The second-order valence-corrected chi connectivity index (χ2v) is 6.34. The van der Waals surface area contributed by atoms with Crippen molar-refractivity contribution in [3.05, 3.63) is 46.4 Å². The van der Waals surface area contributed by atoms with Crippen molar-refractivity contribution in [2.45, 2.75) is 28.8 Å². The highest BCUT2D eigenvalue weighted by Gasteiger charge is 2.62. The van der Waals surface area contributed by atoms with Gasteiger partial charge in [-0.3, -0.25) is 9.89 Å². The molecule has 138 valence electrons. The first-order valence-electron chi connectivity index (χ1n) is 6.43. The van der Waals surface area contributed by atoms with E-state index >= 15 is 0 Å². The number of halogens is 7. The zero-order valence-electron chi connectivity index (χ0n) is 12.2. The molecule has 1 aromatic carbocycles. The third-order valence-electron chi connectivity index (χ3n) is 2.84. The summed E-state index contributed by atoms with van der Waals surface area (Å²) in [5.74, 6) is 0. The Morgan fingerprint density at radius 3 is 2.20 bits per heavy atom. The average molecular weight is 407 g/mol. The molecule has 1 heterocycles. The smallest absolute Gasteiger partial charge is 0.294 e. The van der Waals surface area contributed by atoms with Crippen molar-refractivity contribution >= 4 is 23.4 Å². The highest BCUT2D eigenvalue weighted by Crippen LogP contribution is 2.50. The van der Waals surface area contributed by atoms with Crippen LogP contribution in [0.4, 0.5) is 26.3 Å². The maximum atomic E-state index is 13.9. The molecule has 0 radical (unpaired) electrons. The third kappa shape index (κ3) is 4.33. The van der Waals surface area contributed by atoms with Crippen molar-refractivity contribution < 1.29 is 31.1 Å². The second kappa shape index (κ2) is 6.61. The SMILES string of the molecule is Cc1[nH]n(-c2ccccc2)c(=O)c1SC(F)(F)C(F)(Cl)OC(F)(F)F. The number of hydrogen-bond acceptors (Lipinski definition) is 3. The average Bonchev–Trinajstić information content (AvgIpc) is 2.73. The van der Waals surface area contributed by atoms with Crippen LogP contribution < -0.4 is 5.56 Å². The lowest BCUT2D eigenvalue weighted by Crippen LogP contribution is -2.43. The number of rotatable bonds is 5. The van der Waals surface area contributed by atoms with Crippen LogP contribution in [0.15, 0.2) is 40.0 Å². The molecule has 12 heteroatoms. The molecule has 0 aliphatic rings. The van der Waals surface area contributed by atoms with Crippen molar-refractivity contribution in [3.63, 3.8) is 0 Å². The van der Waals surface area contributed by atoms with E-state index in [0.717, 1.165) is 4.68 Å². The topological polar surface area (TPSA) is 47.0 Å². The summed E-state index contributed by atoms with van der Waals surface area (Å²) in [6.07, 6.45) is -5.74.